The molecule has 5 nitrogen and oxygen atoms in total. The minimum absolute atomic E-state index is 0.0322. The van der Waals surface area contributed by atoms with Crippen molar-refractivity contribution in [3.63, 3.8) is 0 Å². The zero-order chi connectivity index (χ0) is 16.7. The fourth-order valence-electron chi connectivity index (χ4n) is 2.76. The Morgan fingerprint density at radius 3 is 2.79 bits per heavy atom. The van der Waals surface area contributed by atoms with Crippen LogP contribution in [-0.2, 0) is 11.3 Å². The SMILES string of the molecule is O=C(Cn1ncc2ncc(-c3cccc(F)c3)cc21)N1CC(F)C1. The molecule has 1 fully saturated rings. The fourth-order valence-corrected chi connectivity index (χ4v) is 2.76. The van der Waals surface area contributed by atoms with Crippen molar-refractivity contribution >= 4 is 16.9 Å². The number of nitrogens with zero attached hydrogens (tertiary/aromatic N) is 4. The third-order valence-corrected chi connectivity index (χ3v) is 4.13. The minimum atomic E-state index is -0.926. The molecular formula is C17H14F2N4O. The molecule has 0 saturated carbocycles. The number of carbonyl (C=O) groups is 1. The number of fused-ring (bicyclic) bond motifs is 1. The summed E-state index contributed by atoms with van der Waals surface area (Å²) in [6, 6.07) is 8.05. The number of likely N-dealkylation sites (tertiary alicyclic amines) is 1. The largest absolute Gasteiger partial charge is 0.335 e. The van der Waals surface area contributed by atoms with Crippen LogP contribution in [0.1, 0.15) is 0 Å². The molecule has 0 N–H and O–H groups in total. The molecule has 2 aromatic heterocycles. The second-order valence-electron chi connectivity index (χ2n) is 5.84. The second kappa shape index (κ2) is 5.67. The van der Waals surface area contributed by atoms with Crippen molar-refractivity contribution in [1.29, 1.82) is 0 Å². The maximum absolute atomic E-state index is 13.4. The molecule has 1 aliphatic heterocycles. The van der Waals surface area contributed by atoms with Crippen molar-refractivity contribution < 1.29 is 13.6 Å². The quantitative estimate of drug-likeness (QED) is 0.742. The molecule has 0 radical (unpaired) electrons. The monoisotopic (exact) mass is 328 g/mol. The first-order valence-corrected chi connectivity index (χ1v) is 7.59. The van der Waals surface area contributed by atoms with Gasteiger partial charge < -0.3 is 4.90 Å². The lowest BCUT2D eigenvalue weighted by Gasteiger charge is -2.34. The van der Waals surface area contributed by atoms with E-state index in [1.54, 1.807) is 29.2 Å². The van der Waals surface area contributed by atoms with E-state index in [-0.39, 0.29) is 31.4 Å². The number of carbonyl (C=O) groups excluding carboxylic acids is 1. The van der Waals surface area contributed by atoms with Gasteiger partial charge in [-0.25, -0.2) is 8.78 Å². The van der Waals surface area contributed by atoms with Crippen molar-refractivity contribution in [2.24, 2.45) is 0 Å². The Morgan fingerprint density at radius 1 is 1.21 bits per heavy atom. The Morgan fingerprint density at radius 2 is 2.04 bits per heavy atom. The zero-order valence-corrected chi connectivity index (χ0v) is 12.7. The highest BCUT2D eigenvalue weighted by atomic mass is 19.1. The summed E-state index contributed by atoms with van der Waals surface area (Å²) in [6.45, 7) is 0.320. The molecule has 3 aromatic rings. The van der Waals surface area contributed by atoms with Gasteiger partial charge in [0.25, 0.3) is 0 Å². The third-order valence-electron chi connectivity index (χ3n) is 4.13. The van der Waals surface area contributed by atoms with Crippen LogP contribution < -0.4 is 0 Å². The van der Waals surface area contributed by atoms with Crippen LogP contribution in [0.4, 0.5) is 8.78 Å². The predicted molar refractivity (Wildman–Crippen MR) is 84.4 cm³/mol. The first kappa shape index (κ1) is 14.7. The number of alkyl halides is 1. The standard InChI is InChI=1S/C17H14F2N4O/c18-13-3-1-2-11(4-13)12-5-16-15(20-6-12)7-21-23(16)10-17(24)22-8-14(19)9-22/h1-7,14H,8-10H2. The number of hydrogen-bond acceptors (Lipinski definition) is 3. The number of aromatic nitrogens is 3. The van der Waals surface area contributed by atoms with Crippen LogP contribution in [0, 0.1) is 5.82 Å². The number of benzene rings is 1. The molecule has 1 aliphatic rings. The van der Waals surface area contributed by atoms with Crippen molar-refractivity contribution in [3.05, 3.63) is 48.5 Å². The van der Waals surface area contributed by atoms with Gasteiger partial charge in [0.2, 0.25) is 5.91 Å². The molecule has 1 amide bonds. The number of amides is 1. The Hall–Kier alpha value is -2.83. The summed E-state index contributed by atoms with van der Waals surface area (Å²) in [5.74, 6) is -0.500. The maximum atomic E-state index is 13.4. The van der Waals surface area contributed by atoms with Gasteiger partial charge in [0.15, 0.2) is 0 Å². The Labute approximate surface area is 136 Å². The normalized spacial score (nSPS) is 14.8. The average molecular weight is 328 g/mol. The van der Waals surface area contributed by atoms with Gasteiger partial charge in [0.05, 0.1) is 24.8 Å². The molecular weight excluding hydrogens is 314 g/mol. The van der Waals surface area contributed by atoms with Crippen LogP contribution in [0.25, 0.3) is 22.2 Å². The van der Waals surface area contributed by atoms with Crippen molar-refractivity contribution in [2.75, 3.05) is 13.1 Å². The third kappa shape index (κ3) is 2.62. The van der Waals surface area contributed by atoms with Crippen LogP contribution in [0.3, 0.4) is 0 Å². The molecule has 0 aliphatic carbocycles. The van der Waals surface area contributed by atoms with Gasteiger partial charge >= 0.3 is 0 Å². The van der Waals surface area contributed by atoms with E-state index in [9.17, 15) is 13.6 Å². The van der Waals surface area contributed by atoms with Crippen molar-refractivity contribution in [1.82, 2.24) is 19.7 Å². The Bertz CT molecular complexity index is 918. The lowest BCUT2D eigenvalue weighted by atomic mass is 10.1. The molecule has 122 valence electrons. The number of halogens is 2. The van der Waals surface area contributed by atoms with Crippen LogP contribution in [0.2, 0.25) is 0 Å². The van der Waals surface area contributed by atoms with Gasteiger partial charge in [0.1, 0.15) is 24.1 Å². The molecule has 7 heteroatoms. The molecule has 1 aromatic carbocycles. The zero-order valence-electron chi connectivity index (χ0n) is 12.7. The first-order valence-electron chi connectivity index (χ1n) is 7.59. The first-order chi connectivity index (χ1) is 11.6. The maximum Gasteiger partial charge on any atom is 0.244 e. The highest BCUT2D eigenvalue weighted by Crippen LogP contribution is 2.23. The summed E-state index contributed by atoms with van der Waals surface area (Å²) < 4.78 is 27.8. The highest BCUT2D eigenvalue weighted by molar-refractivity contribution is 5.83. The molecule has 0 unspecified atom stereocenters. The van der Waals surface area contributed by atoms with E-state index < -0.39 is 6.17 Å². The van der Waals surface area contributed by atoms with E-state index in [4.69, 9.17) is 0 Å². The topological polar surface area (TPSA) is 51.0 Å². The molecule has 0 bridgehead atoms. The fraction of sp³-hybridized carbons (Fsp3) is 0.235. The molecule has 0 spiro atoms. The van der Waals surface area contributed by atoms with Gasteiger partial charge in [-0.1, -0.05) is 12.1 Å². The molecule has 24 heavy (non-hydrogen) atoms. The molecule has 3 heterocycles. The average Bonchev–Trinajstić information content (AvgIpc) is 2.94. The Balaban J connectivity index is 1.65. The Kier molecular flexibility index (Phi) is 3.48. The van der Waals surface area contributed by atoms with Crippen molar-refractivity contribution in [3.8, 4) is 11.1 Å². The lowest BCUT2D eigenvalue weighted by molar-refractivity contribution is -0.139. The molecule has 0 atom stereocenters. The molecule has 1 saturated heterocycles. The predicted octanol–water partition coefficient (Wildman–Crippen LogP) is 2.42. The van der Waals surface area contributed by atoms with E-state index in [0.717, 1.165) is 5.56 Å². The highest BCUT2D eigenvalue weighted by Gasteiger charge is 2.30. The lowest BCUT2D eigenvalue weighted by Crippen LogP contribution is -2.52. The van der Waals surface area contributed by atoms with Gasteiger partial charge in [-0.05, 0) is 23.8 Å². The molecule has 4 rings (SSSR count). The van der Waals surface area contributed by atoms with Crippen LogP contribution in [0.5, 0.6) is 0 Å². The number of pyridine rings is 1. The van der Waals surface area contributed by atoms with Crippen molar-refractivity contribution in [2.45, 2.75) is 12.7 Å². The van der Waals surface area contributed by atoms with E-state index in [1.165, 1.54) is 17.0 Å². The second-order valence-corrected chi connectivity index (χ2v) is 5.84. The van der Waals surface area contributed by atoms with Crippen LogP contribution >= 0.6 is 0 Å². The smallest absolute Gasteiger partial charge is 0.244 e. The van der Waals surface area contributed by atoms with Crippen LogP contribution in [-0.4, -0.2) is 44.8 Å². The van der Waals surface area contributed by atoms with Gasteiger partial charge in [-0.15, -0.1) is 0 Å². The minimum Gasteiger partial charge on any atom is -0.335 e. The van der Waals surface area contributed by atoms with E-state index >= 15 is 0 Å². The summed E-state index contributed by atoms with van der Waals surface area (Å²) in [6.07, 6.45) is 2.30. The summed E-state index contributed by atoms with van der Waals surface area (Å²) in [4.78, 5) is 17.9. The van der Waals surface area contributed by atoms with E-state index in [1.807, 2.05) is 6.07 Å². The number of hydrogen-bond donors (Lipinski definition) is 0. The van der Waals surface area contributed by atoms with Gasteiger partial charge in [-0.3, -0.25) is 14.5 Å². The summed E-state index contributed by atoms with van der Waals surface area (Å²) in [5, 5.41) is 4.19. The van der Waals surface area contributed by atoms with E-state index in [2.05, 4.69) is 10.1 Å². The van der Waals surface area contributed by atoms with Gasteiger partial charge in [0, 0.05) is 11.8 Å². The summed E-state index contributed by atoms with van der Waals surface area (Å²) in [7, 11) is 0. The number of rotatable bonds is 3. The summed E-state index contributed by atoms with van der Waals surface area (Å²) in [5.41, 5.74) is 2.77. The van der Waals surface area contributed by atoms with Crippen LogP contribution in [0.15, 0.2) is 42.7 Å². The van der Waals surface area contributed by atoms with Gasteiger partial charge in [-0.2, -0.15) is 5.10 Å². The summed E-state index contributed by atoms with van der Waals surface area (Å²) >= 11 is 0. The van der Waals surface area contributed by atoms with E-state index in [0.29, 0.717) is 16.6 Å².